The van der Waals surface area contributed by atoms with Crippen LogP contribution >= 0.6 is 11.3 Å². The average Bonchev–Trinajstić information content (AvgIpc) is 3.29. The molecule has 0 bridgehead atoms. The minimum atomic E-state index is 0.0502. The zero-order valence-electron chi connectivity index (χ0n) is 14.2. The third kappa shape index (κ3) is 2.46. The molecule has 2 fully saturated rings. The van der Waals surface area contributed by atoms with Crippen molar-refractivity contribution in [3.8, 4) is 0 Å². The van der Waals surface area contributed by atoms with Crippen LogP contribution < -0.4 is 5.73 Å². The molecule has 6 nitrogen and oxygen atoms in total. The number of amides is 1. The zero-order chi connectivity index (χ0) is 16.8. The van der Waals surface area contributed by atoms with E-state index < -0.39 is 0 Å². The van der Waals surface area contributed by atoms with Crippen molar-refractivity contribution in [2.45, 2.75) is 39.2 Å². The van der Waals surface area contributed by atoms with Gasteiger partial charge in [-0.3, -0.25) is 9.69 Å². The van der Waals surface area contributed by atoms with Gasteiger partial charge in [0.1, 0.15) is 9.71 Å². The molecule has 24 heavy (non-hydrogen) atoms. The molecule has 4 heterocycles. The number of nitrogens with two attached hydrogens (primary N) is 1. The fraction of sp³-hybridized carbons (Fsp3) is 0.588. The smallest absolute Gasteiger partial charge is 0.266 e. The lowest BCUT2D eigenvalue weighted by molar-refractivity contribution is 0.0786. The van der Waals surface area contributed by atoms with Crippen molar-refractivity contribution in [2.75, 3.05) is 31.9 Å². The second-order valence-corrected chi connectivity index (χ2v) is 7.87. The van der Waals surface area contributed by atoms with E-state index in [1.165, 1.54) is 37.3 Å². The normalized spacial score (nSPS) is 21.9. The maximum atomic E-state index is 13.0. The third-order valence-electron chi connectivity index (χ3n) is 5.44. The van der Waals surface area contributed by atoms with Gasteiger partial charge in [-0.2, -0.15) is 5.10 Å². The van der Waals surface area contributed by atoms with Gasteiger partial charge in [-0.1, -0.05) is 0 Å². The summed E-state index contributed by atoms with van der Waals surface area (Å²) in [5, 5.41) is 9.27. The monoisotopic (exact) mass is 345 g/mol. The van der Waals surface area contributed by atoms with Gasteiger partial charge in [0.05, 0.1) is 11.4 Å². The van der Waals surface area contributed by atoms with Crippen LogP contribution in [-0.4, -0.2) is 58.1 Å². The molecular formula is C17H23N5OS. The molecule has 0 radical (unpaired) electrons. The van der Waals surface area contributed by atoms with Crippen LogP contribution in [0.25, 0.3) is 10.2 Å². The van der Waals surface area contributed by atoms with E-state index in [0.717, 1.165) is 41.0 Å². The Hall–Kier alpha value is -1.73. The van der Waals surface area contributed by atoms with Crippen LogP contribution in [-0.2, 0) is 0 Å². The number of fused-ring (bicyclic) bond motifs is 1. The second-order valence-electron chi connectivity index (χ2n) is 6.87. The van der Waals surface area contributed by atoms with Gasteiger partial charge in [0.15, 0.2) is 0 Å². The van der Waals surface area contributed by atoms with Gasteiger partial charge in [-0.25, -0.2) is 0 Å². The van der Waals surface area contributed by atoms with E-state index in [4.69, 9.17) is 5.73 Å². The van der Waals surface area contributed by atoms with E-state index in [1.54, 1.807) is 0 Å². The minimum absolute atomic E-state index is 0.0502. The number of nitrogens with zero attached hydrogens (tertiary/aromatic N) is 4. The van der Waals surface area contributed by atoms with Gasteiger partial charge in [0.25, 0.3) is 5.91 Å². The first-order chi connectivity index (χ1) is 11.6. The Morgan fingerprint density at radius 2 is 1.96 bits per heavy atom. The predicted octanol–water partition coefficient (Wildman–Crippen LogP) is 2.20. The average molecular weight is 345 g/mol. The van der Waals surface area contributed by atoms with Gasteiger partial charge in [-0.15, -0.1) is 16.4 Å². The summed E-state index contributed by atoms with van der Waals surface area (Å²) in [6.07, 6.45) is 3.63. The molecule has 2 aliphatic heterocycles. The number of carbonyl (C=O) groups excluding carboxylic acids is 1. The second kappa shape index (κ2) is 5.97. The van der Waals surface area contributed by atoms with Crippen molar-refractivity contribution in [2.24, 2.45) is 0 Å². The first-order valence-electron chi connectivity index (χ1n) is 8.61. The van der Waals surface area contributed by atoms with E-state index in [0.29, 0.717) is 16.6 Å². The van der Waals surface area contributed by atoms with Crippen LogP contribution in [0.4, 0.5) is 5.69 Å². The molecule has 0 spiro atoms. The Labute approximate surface area is 145 Å². The number of nitrogen functional groups attached to an aromatic ring is 1. The molecular weight excluding hydrogens is 322 g/mol. The topological polar surface area (TPSA) is 75.4 Å². The highest BCUT2D eigenvalue weighted by Gasteiger charge is 2.33. The highest BCUT2D eigenvalue weighted by atomic mass is 32.1. The summed E-state index contributed by atoms with van der Waals surface area (Å²) in [5.74, 6) is 0.0502. The summed E-state index contributed by atoms with van der Waals surface area (Å²) >= 11 is 1.37. The molecule has 0 aromatic carbocycles. The lowest BCUT2D eigenvalue weighted by atomic mass is 10.1. The summed E-state index contributed by atoms with van der Waals surface area (Å²) in [7, 11) is 0. The minimum Gasteiger partial charge on any atom is -0.397 e. The Bertz CT molecular complexity index is 796. The Morgan fingerprint density at radius 1 is 1.21 bits per heavy atom. The van der Waals surface area contributed by atoms with Gasteiger partial charge in [-0.05, 0) is 51.8 Å². The van der Waals surface area contributed by atoms with Gasteiger partial charge in [0, 0.05) is 24.5 Å². The number of anilines is 1. The maximum absolute atomic E-state index is 13.0. The van der Waals surface area contributed by atoms with Crippen molar-refractivity contribution >= 4 is 33.1 Å². The molecule has 2 aromatic rings. The van der Waals surface area contributed by atoms with Crippen molar-refractivity contribution in [3.05, 3.63) is 16.1 Å². The molecule has 7 heteroatoms. The van der Waals surface area contributed by atoms with E-state index in [2.05, 4.69) is 15.1 Å². The first-order valence-corrected chi connectivity index (χ1v) is 9.43. The standard InChI is InChI=1S/C17H23N5OS/c1-10-11(2)19-20-16-13(10)14(18)15(24-16)17(23)22-8-5-12(9-22)21-6-3-4-7-21/h12H,3-9,18H2,1-2H3. The molecule has 0 saturated carbocycles. The summed E-state index contributed by atoms with van der Waals surface area (Å²) in [6.45, 7) is 7.88. The maximum Gasteiger partial charge on any atom is 0.266 e. The fourth-order valence-corrected chi connectivity index (χ4v) is 4.94. The van der Waals surface area contributed by atoms with Crippen LogP contribution in [0.15, 0.2) is 0 Å². The van der Waals surface area contributed by atoms with Crippen molar-refractivity contribution in [1.29, 1.82) is 0 Å². The van der Waals surface area contributed by atoms with Crippen LogP contribution in [0.1, 0.15) is 40.2 Å². The van der Waals surface area contributed by atoms with E-state index in [9.17, 15) is 4.79 Å². The number of rotatable bonds is 2. The van der Waals surface area contributed by atoms with Crippen molar-refractivity contribution in [3.63, 3.8) is 0 Å². The molecule has 1 amide bonds. The molecule has 2 aromatic heterocycles. The van der Waals surface area contributed by atoms with Gasteiger partial charge in [0.2, 0.25) is 0 Å². The number of likely N-dealkylation sites (tertiary alicyclic amines) is 2. The molecule has 128 valence electrons. The van der Waals surface area contributed by atoms with E-state index in [-0.39, 0.29) is 5.91 Å². The first kappa shape index (κ1) is 15.8. The van der Waals surface area contributed by atoms with E-state index >= 15 is 0 Å². The largest absolute Gasteiger partial charge is 0.397 e. The molecule has 2 aliphatic rings. The van der Waals surface area contributed by atoms with Crippen LogP contribution in [0, 0.1) is 13.8 Å². The van der Waals surface area contributed by atoms with Crippen LogP contribution in [0.5, 0.6) is 0 Å². The predicted molar refractivity (Wildman–Crippen MR) is 96.4 cm³/mol. The Kier molecular flexibility index (Phi) is 3.92. The van der Waals surface area contributed by atoms with Crippen molar-refractivity contribution in [1.82, 2.24) is 20.0 Å². The molecule has 1 atom stereocenters. The third-order valence-corrected chi connectivity index (χ3v) is 6.51. The quantitative estimate of drug-likeness (QED) is 0.903. The van der Waals surface area contributed by atoms with Crippen LogP contribution in [0.2, 0.25) is 0 Å². The molecule has 1 unspecified atom stereocenters. The fourth-order valence-electron chi connectivity index (χ4n) is 3.87. The summed E-state index contributed by atoms with van der Waals surface area (Å²) in [4.78, 5) is 18.8. The van der Waals surface area contributed by atoms with E-state index in [1.807, 2.05) is 18.7 Å². The molecule has 4 rings (SSSR count). The highest BCUT2D eigenvalue weighted by Crippen LogP contribution is 2.36. The molecule has 2 N–H and O–H groups in total. The number of aromatic nitrogens is 2. The number of hydrogen-bond acceptors (Lipinski definition) is 6. The molecule has 2 saturated heterocycles. The number of carbonyl (C=O) groups is 1. The number of hydrogen-bond donors (Lipinski definition) is 1. The summed E-state index contributed by atoms with van der Waals surface area (Å²) in [5.41, 5.74) is 8.77. The number of aryl methyl sites for hydroxylation is 2. The lowest BCUT2D eigenvalue weighted by Gasteiger charge is -2.23. The summed E-state index contributed by atoms with van der Waals surface area (Å²) < 4.78 is 0. The number of thiophene rings is 1. The van der Waals surface area contributed by atoms with Gasteiger partial charge >= 0.3 is 0 Å². The lowest BCUT2D eigenvalue weighted by Crippen LogP contribution is -2.37. The Balaban J connectivity index is 1.60. The summed E-state index contributed by atoms with van der Waals surface area (Å²) in [6, 6.07) is 0.510. The molecule has 0 aliphatic carbocycles. The van der Waals surface area contributed by atoms with Gasteiger partial charge < -0.3 is 10.6 Å². The van der Waals surface area contributed by atoms with Crippen molar-refractivity contribution < 1.29 is 4.79 Å². The van der Waals surface area contributed by atoms with Crippen LogP contribution in [0.3, 0.4) is 0 Å². The SMILES string of the molecule is Cc1nnc2sc(C(=O)N3CCC(N4CCCC4)C3)c(N)c2c1C. The highest BCUT2D eigenvalue weighted by molar-refractivity contribution is 7.21. The zero-order valence-corrected chi connectivity index (χ0v) is 15.0. The Morgan fingerprint density at radius 3 is 2.71 bits per heavy atom.